The lowest BCUT2D eigenvalue weighted by Crippen LogP contribution is -2.61. The van der Waals surface area contributed by atoms with Crippen LogP contribution in [-0.4, -0.2) is 61.8 Å². The number of rotatable bonds is 2. The van der Waals surface area contributed by atoms with Gasteiger partial charge in [0.25, 0.3) is 0 Å². The molecule has 0 unspecified atom stereocenters. The Morgan fingerprint density at radius 3 is 2.22 bits per heavy atom. The molecule has 1 fully saturated rings. The smallest absolute Gasteiger partial charge is 0.229 e. The van der Waals surface area contributed by atoms with E-state index >= 15 is 0 Å². The fourth-order valence-corrected chi connectivity index (χ4v) is 3.17. The number of nitrogens with zero attached hydrogens (tertiary/aromatic N) is 5. The zero-order chi connectivity index (χ0) is 17.4. The molecule has 0 spiro atoms. The third kappa shape index (κ3) is 3.71. The summed E-state index contributed by atoms with van der Waals surface area (Å²) in [5.41, 5.74) is 0.397. The highest BCUT2D eigenvalue weighted by atomic mass is 16.2. The molecule has 0 bridgehead atoms. The number of aromatic nitrogens is 3. The summed E-state index contributed by atoms with van der Waals surface area (Å²) in [6.45, 7) is 10.9. The Balaban J connectivity index is 2.07. The molecule has 1 aliphatic rings. The number of carbonyl (C=O) groups excluding carboxylic acids is 2. The Morgan fingerprint density at radius 1 is 1.22 bits per heavy atom. The van der Waals surface area contributed by atoms with E-state index < -0.39 is 5.41 Å². The number of amides is 2. The molecule has 7 nitrogen and oxygen atoms in total. The molecule has 0 aromatic carbocycles. The Kier molecular flexibility index (Phi) is 4.77. The highest BCUT2D eigenvalue weighted by molar-refractivity contribution is 5.83. The zero-order valence-corrected chi connectivity index (χ0v) is 14.9. The molecule has 2 amide bonds. The van der Waals surface area contributed by atoms with E-state index in [1.807, 2.05) is 44.4 Å². The van der Waals surface area contributed by atoms with Gasteiger partial charge in [-0.2, -0.15) is 0 Å². The molecule has 2 heterocycles. The minimum atomic E-state index is -0.397. The maximum Gasteiger partial charge on any atom is 0.229 e. The molecule has 128 valence electrons. The third-order valence-electron chi connectivity index (χ3n) is 4.28. The van der Waals surface area contributed by atoms with Crippen LogP contribution in [0.15, 0.2) is 6.20 Å². The van der Waals surface area contributed by atoms with Crippen molar-refractivity contribution in [2.24, 2.45) is 12.5 Å². The second-order valence-corrected chi connectivity index (χ2v) is 7.48. The van der Waals surface area contributed by atoms with E-state index in [2.05, 4.69) is 10.3 Å². The van der Waals surface area contributed by atoms with Gasteiger partial charge in [-0.3, -0.25) is 14.3 Å². The zero-order valence-electron chi connectivity index (χ0n) is 14.9. The standard InChI is InChI=1S/C16H27N5O2/c1-11-9-20(15(23)16(3,4)5)10-12(2)21(11)14(22)7-13-8-17-18-19(13)6/h8,11-12H,7,9-10H2,1-6H3/t11-,12-/m0/s1. The maximum atomic E-state index is 12.7. The van der Waals surface area contributed by atoms with Crippen LogP contribution in [0.1, 0.15) is 40.3 Å². The Hall–Kier alpha value is -1.92. The third-order valence-corrected chi connectivity index (χ3v) is 4.28. The molecular weight excluding hydrogens is 294 g/mol. The van der Waals surface area contributed by atoms with Gasteiger partial charge in [0, 0.05) is 37.6 Å². The van der Waals surface area contributed by atoms with E-state index in [-0.39, 0.29) is 30.3 Å². The van der Waals surface area contributed by atoms with Crippen LogP contribution in [0, 0.1) is 5.41 Å². The molecule has 2 rings (SSSR count). The highest BCUT2D eigenvalue weighted by Gasteiger charge is 2.37. The average Bonchev–Trinajstić information content (AvgIpc) is 2.81. The van der Waals surface area contributed by atoms with Gasteiger partial charge in [0.05, 0.1) is 18.3 Å². The molecule has 23 heavy (non-hydrogen) atoms. The summed E-state index contributed by atoms with van der Waals surface area (Å²) in [6.07, 6.45) is 1.90. The second kappa shape index (κ2) is 6.29. The van der Waals surface area contributed by atoms with Crippen molar-refractivity contribution in [2.75, 3.05) is 13.1 Å². The molecular formula is C16H27N5O2. The lowest BCUT2D eigenvalue weighted by Gasteiger charge is -2.46. The Labute approximate surface area is 137 Å². The normalized spacial score (nSPS) is 22.3. The topological polar surface area (TPSA) is 71.3 Å². The van der Waals surface area contributed by atoms with Gasteiger partial charge in [-0.1, -0.05) is 26.0 Å². The first-order valence-electron chi connectivity index (χ1n) is 8.05. The summed E-state index contributed by atoms with van der Waals surface area (Å²) in [4.78, 5) is 28.9. The van der Waals surface area contributed by atoms with Crippen LogP contribution in [-0.2, 0) is 23.1 Å². The van der Waals surface area contributed by atoms with E-state index in [1.54, 1.807) is 17.9 Å². The molecule has 1 aromatic rings. The van der Waals surface area contributed by atoms with Crippen LogP contribution in [0.25, 0.3) is 0 Å². The first-order chi connectivity index (χ1) is 10.6. The quantitative estimate of drug-likeness (QED) is 0.810. The molecule has 1 saturated heterocycles. The number of carbonyl (C=O) groups is 2. The van der Waals surface area contributed by atoms with Crippen molar-refractivity contribution in [3.63, 3.8) is 0 Å². The molecule has 0 N–H and O–H groups in total. The van der Waals surface area contributed by atoms with Crippen molar-refractivity contribution >= 4 is 11.8 Å². The van der Waals surface area contributed by atoms with Crippen LogP contribution in [0.3, 0.4) is 0 Å². The molecule has 0 radical (unpaired) electrons. The van der Waals surface area contributed by atoms with Gasteiger partial charge in [0.2, 0.25) is 11.8 Å². The Bertz CT molecular complexity index is 578. The molecule has 0 saturated carbocycles. The first-order valence-corrected chi connectivity index (χ1v) is 8.05. The molecule has 0 aliphatic carbocycles. The summed E-state index contributed by atoms with van der Waals surface area (Å²) < 4.78 is 1.62. The number of aryl methyl sites for hydroxylation is 1. The summed E-state index contributed by atoms with van der Waals surface area (Å²) in [5.74, 6) is 0.192. The highest BCUT2D eigenvalue weighted by Crippen LogP contribution is 2.23. The van der Waals surface area contributed by atoms with Gasteiger partial charge < -0.3 is 9.80 Å². The van der Waals surface area contributed by atoms with E-state index in [0.29, 0.717) is 13.1 Å². The number of hydrogen-bond donors (Lipinski definition) is 0. The molecule has 2 atom stereocenters. The minimum absolute atomic E-state index is 0.00117. The summed E-state index contributed by atoms with van der Waals surface area (Å²) >= 11 is 0. The van der Waals surface area contributed by atoms with Gasteiger partial charge in [-0.25, -0.2) is 0 Å². The van der Waals surface area contributed by atoms with Crippen molar-refractivity contribution in [1.82, 2.24) is 24.8 Å². The largest absolute Gasteiger partial charge is 0.338 e. The molecule has 1 aliphatic heterocycles. The van der Waals surface area contributed by atoms with Crippen molar-refractivity contribution < 1.29 is 9.59 Å². The number of hydrogen-bond acceptors (Lipinski definition) is 4. The number of piperazine rings is 1. The van der Waals surface area contributed by atoms with Crippen molar-refractivity contribution in [3.8, 4) is 0 Å². The van der Waals surface area contributed by atoms with Crippen molar-refractivity contribution in [2.45, 2.75) is 53.1 Å². The van der Waals surface area contributed by atoms with E-state index in [4.69, 9.17) is 0 Å². The van der Waals surface area contributed by atoms with Crippen LogP contribution >= 0.6 is 0 Å². The molecule has 7 heteroatoms. The van der Waals surface area contributed by atoms with Crippen molar-refractivity contribution in [3.05, 3.63) is 11.9 Å². The van der Waals surface area contributed by atoms with Crippen LogP contribution < -0.4 is 0 Å². The van der Waals surface area contributed by atoms with Crippen LogP contribution in [0.2, 0.25) is 0 Å². The van der Waals surface area contributed by atoms with Crippen molar-refractivity contribution in [1.29, 1.82) is 0 Å². The van der Waals surface area contributed by atoms with Gasteiger partial charge >= 0.3 is 0 Å². The fourth-order valence-electron chi connectivity index (χ4n) is 3.17. The molecule has 1 aromatic heterocycles. The van der Waals surface area contributed by atoms with E-state index in [0.717, 1.165) is 5.69 Å². The van der Waals surface area contributed by atoms with Gasteiger partial charge in [0.1, 0.15) is 0 Å². The second-order valence-electron chi connectivity index (χ2n) is 7.48. The fraction of sp³-hybridized carbons (Fsp3) is 0.750. The predicted octanol–water partition coefficient (Wildman–Crippen LogP) is 0.851. The van der Waals surface area contributed by atoms with Gasteiger partial charge in [-0.05, 0) is 13.8 Å². The van der Waals surface area contributed by atoms with Gasteiger partial charge in [-0.15, -0.1) is 5.10 Å². The Morgan fingerprint density at radius 2 is 1.78 bits per heavy atom. The lowest BCUT2D eigenvalue weighted by atomic mass is 9.93. The monoisotopic (exact) mass is 321 g/mol. The van der Waals surface area contributed by atoms with E-state index in [1.165, 1.54) is 0 Å². The summed E-state index contributed by atoms with van der Waals surface area (Å²) in [7, 11) is 1.78. The van der Waals surface area contributed by atoms with E-state index in [9.17, 15) is 9.59 Å². The SMILES string of the molecule is C[C@H]1CN(C(=O)C(C)(C)C)C[C@H](C)N1C(=O)Cc1cnnn1C. The van der Waals surface area contributed by atoms with Crippen LogP contribution in [0.4, 0.5) is 0 Å². The average molecular weight is 321 g/mol. The lowest BCUT2D eigenvalue weighted by molar-refractivity contribution is -0.150. The predicted molar refractivity (Wildman–Crippen MR) is 86.5 cm³/mol. The maximum absolute atomic E-state index is 12.7. The van der Waals surface area contributed by atoms with Crippen LogP contribution in [0.5, 0.6) is 0 Å². The first kappa shape index (κ1) is 17.4. The minimum Gasteiger partial charge on any atom is -0.338 e. The summed E-state index contributed by atoms with van der Waals surface area (Å²) in [5, 5.41) is 7.67. The summed E-state index contributed by atoms with van der Waals surface area (Å²) in [6, 6.07) is -0.00234. The van der Waals surface area contributed by atoms with Gasteiger partial charge in [0.15, 0.2) is 0 Å².